The van der Waals surface area contributed by atoms with Crippen molar-refractivity contribution in [1.29, 1.82) is 0 Å². The Hall–Kier alpha value is 0.790. The standard InChI is InChI=1S/C13H19.C10H15.2BrH.Hf/c1-2-3-6-11-9-10-12-7-4-5-8-13(11)12;1-7-6-10(4,5)9(3)8(7)2;;;/h4-5,8,11-12H,1-3,6-7,9-10H2;1-5H3;2*1H;/q;;;;+2/p-2. The SMILES string of the molecule is CC1=C(C)C(C)(C)[C]([Hf+2][CH2]CCCC2CCC3CC=CC=C32)=C1C.[Br-].[Br-]. The van der Waals surface area contributed by atoms with E-state index in [0.29, 0.717) is 5.41 Å². The van der Waals surface area contributed by atoms with E-state index in [2.05, 4.69) is 52.8 Å². The fourth-order valence-corrected chi connectivity index (χ4v) is 11.3. The van der Waals surface area contributed by atoms with E-state index in [-0.39, 0.29) is 34.0 Å². The summed E-state index contributed by atoms with van der Waals surface area (Å²) >= 11 is -0.630. The quantitative estimate of drug-likeness (QED) is 0.301. The number of hydrogen-bond donors (Lipinski definition) is 0. The first-order chi connectivity index (χ1) is 11.4. The molecule has 3 heteroatoms. The van der Waals surface area contributed by atoms with Crippen LogP contribution in [-0.4, -0.2) is 0 Å². The average molecular weight is 649 g/mol. The first-order valence-electron chi connectivity index (χ1n) is 9.93. The van der Waals surface area contributed by atoms with Crippen LogP contribution in [0.5, 0.6) is 0 Å². The van der Waals surface area contributed by atoms with Gasteiger partial charge in [0.1, 0.15) is 0 Å². The first-order valence-corrected chi connectivity index (χ1v) is 14.3. The van der Waals surface area contributed by atoms with Gasteiger partial charge in [-0.1, -0.05) is 0 Å². The molecule has 0 aromatic carbocycles. The summed E-state index contributed by atoms with van der Waals surface area (Å²) in [4.78, 5) is 0. The molecule has 0 spiro atoms. The summed E-state index contributed by atoms with van der Waals surface area (Å²) in [6.07, 6.45) is 15.7. The monoisotopic (exact) mass is 648 g/mol. The summed E-state index contributed by atoms with van der Waals surface area (Å²) in [5.74, 6) is 1.82. The summed E-state index contributed by atoms with van der Waals surface area (Å²) in [7, 11) is 0. The third-order valence-corrected chi connectivity index (χ3v) is 14.0. The second kappa shape index (κ2) is 10.5. The van der Waals surface area contributed by atoms with Crippen LogP contribution in [0.15, 0.2) is 43.9 Å². The third kappa shape index (κ3) is 5.03. The Labute approximate surface area is 194 Å². The number of halogens is 2. The zero-order valence-electron chi connectivity index (χ0n) is 17.1. The van der Waals surface area contributed by atoms with Gasteiger partial charge >= 0.3 is 161 Å². The van der Waals surface area contributed by atoms with E-state index in [1.165, 1.54) is 38.5 Å². The Bertz CT molecular complexity index is 622. The maximum Gasteiger partial charge on any atom is -1.00 e. The van der Waals surface area contributed by atoms with Crippen LogP contribution in [0.4, 0.5) is 0 Å². The summed E-state index contributed by atoms with van der Waals surface area (Å²) in [6, 6.07) is 0. The molecule has 0 nitrogen and oxygen atoms in total. The molecule has 0 saturated heterocycles. The van der Waals surface area contributed by atoms with E-state index in [1.54, 1.807) is 26.5 Å². The minimum atomic E-state index is -0.630. The van der Waals surface area contributed by atoms with Gasteiger partial charge in [0.2, 0.25) is 0 Å². The van der Waals surface area contributed by atoms with Crippen LogP contribution in [-0.2, 0) is 22.9 Å². The van der Waals surface area contributed by atoms with Crippen LogP contribution in [0.2, 0.25) is 4.18 Å². The molecule has 3 aliphatic carbocycles. The van der Waals surface area contributed by atoms with E-state index in [0.717, 1.165) is 11.8 Å². The van der Waals surface area contributed by atoms with Gasteiger partial charge in [0.05, 0.1) is 0 Å². The Balaban J connectivity index is 0.00000169. The fourth-order valence-electron chi connectivity index (χ4n) is 5.00. The molecule has 1 fully saturated rings. The molecule has 0 heterocycles. The van der Waals surface area contributed by atoms with Crippen LogP contribution in [0, 0.1) is 17.3 Å². The van der Waals surface area contributed by atoms with E-state index >= 15 is 0 Å². The Morgan fingerprint density at radius 1 is 1.04 bits per heavy atom. The van der Waals surface area contributed by atoms with Crippen LogP contribution in [0.25, 0.3) is 0 Å². The predicted octanol–water partition coefficient (Wildman–Crippen LogP) is 1.23. The molecule has 0 aliphatic heterocycles. The Kier molecular flexibility index (Phi) is 10.1. The molecule has 2 unspecified atom stereocenters. The van der Waals surface area contributed by atoms with E-state index in [4.69, 9.17) is 0 Å². The van der Waals surface area contributed by atoms with E-state index < -0.39 is 22.9 Å². The molecular formula is C23H34Br2Hf. The number of unbranched alkanes of at least 4 members (excludes halogenated alkanes) is 1. The van der Waals surface area contributed by atoms with Gasteiger partial charge < -0.3 is 34.0 Å². The van der Waals surface area contributed by atoms with Crippen molar-refractivity contribution in [3.8, 4) is 0 Å². The normalized spacial score (nSPS) is 26.1. The third-order valence-electron chi connectivity index (χ3n) is 7.00. The molecule has 0 aromatic heterocycles. The maximum atomic E-state index is 2.46. The van der Waals surface area contributed by atoms with Crippen molar-refractivity contribution in [2.24, 2.45) is 17.3 Å². The molecular weight excluding hydrogens is 615 g/mol. The number of rotatable bonds is 6. The van der Waals surface area contributed by atoms with Crippen LogP contribution in [0.1, 0.15) is 73.1 Å². The molecule has 2 atom stereocenters. The maximum absolute atomic E-state index is 2.46. The van der Waals surface area contributed by atoms with E-state index in [1.807, 2.05) is 3.33 Å². The molecule has 3 aliphatic rings. The van der Waals surface area contributed by atoms with Crippen molar-refractivity contribution in [3.05, 3.63) is 43.9 Å². The van der Waals surface area contributed by atoms with Gasteiger partial charge in [-0.3, -0.25) is 0 Å². The van der Waals surface area contributed by atoms with Crippen molar-refractivity contribution in [3.63, 3.8) is 0 Å². The summed E-state index contributed by atoms with van der Waals surface area (Å²) in [5.41, 5.74) is 7.08. The smallest absolute Gasteiger partial charge is 1.00 e. The molecule has 0 bridgehead atoms. The molecule has 0 N–H and O–H groups in total. The predicted molar refractivity (Wildman–Crippen MR) is 102 cm³/mol. The molecule has 3 rings (SSSR count). The molecule has 1 saturated carbocycles. The van der Waals surface area contributed by atoms with Gasteiger partial charge in [0.25, 0.3) is 0 Å². The topological polar surface area (TPSA) is 0 Å². The van der Waals surface area contributed by atoms with Gasteiger partial charge in [-0.2, -0.15) is 0 Å². The van der Waals surface area contributed by atoms with Crippen LogP contribution >= 0.6 is 0 Å². The summed E-state index contributed by atoms with van der Waals surface area (Å²) < 4.78 is 3.46. The van der Waals surface area contributed by atoms with Gasteiger partial charge in [0, 0.05) is 0 Å². The zero-order valence-corrected chi connectivity index (χ0v) is 23.9. The van der Waals surface area contributed by atoms with Gasteiger partial charge in [-0.15, -0.1) is 0 Å². The molecule has 144 valence electrons. The first kappa shape index (κ1) is 24.8. The van der Waals surface area contributed by atoms with Crippen LogP contribution < -0.4 is 34.0 Å². The Morgan fingerprint density at radius 3 is 2.42 bits per heavy atom. The van der Waals surface area contributed by atoms with Crippen molar-refractivity contribution < 1.29 is 56.9 Å². The van der Waals surface area contributed by atoms with Gasteiger partial charge in [-0.25, -0.2) is 0 Å². The zero-order chi connectivity index (χ0) is 17.3. The van der Waals surface area contributed by atoms with Gasteiger partial charge in [-0.05, 0) is 0 Å². The largest absolute Gasteiger partial charge is 1.00 e. The molecule has 0 aromatic rings. The van der Waals surface area contributed by atoms with E-state index in [9.17, 15) is 0 Å². The summed E-state index contributed by atoms with van der Waals surface area (Å²) in [5, 5.41) is 0. The number of allylic oxidation sites excluding steroid dienone is 8. The number of hydrogen-bond acceptors (Lipinski definition) is 0. The molecule has 0 amide bonds. The minimum Gasteiger partial charge on any atom is -1.00 e. The minimum absolute atomic E-state index is 0. The molecule has 26 heavy (non-hydrogen) atoms. The van der Waals surface area contributed by atoms with Crippen molar-refractivity contribution in [2.75, 3.05) is 0 Å². The average Bonchev–Trinajstić information content (AvgIpc) is 3.04. The second-order valence-corrected chi connectivity index (χ2v) is 13.5. The van der Waals surface area contributed by atoms with Crippen molar-refractivity contribution in [2.45, 2.75) is 77.3 Å². The molecule has 0 radical (unpaired) electrons. The second-order valence-electron chi connectivity index (χ2n) is 8.60. The van der Waals surface area contributed by atoms with Gasteiger partial charge in [0.15, 0.2) is 0 Å². The van der Waals surface area contributed by atoms with Crippen molar-refractivity contribution >= 4 is 0 Å². The number of fused-ring (bicyclic) bond motifs is 1. The fraction of sp³-hybridized carbons (Fsp3) is 0.652. The summed E-state index contributed by atoms with van der Waals surface area (Å²) in [6.45, 7) is 12.0. The van der Waals surface area contributed by atoms with Crippen molar-refractivity contribution in [1.82, 2.24) is 0 Å². The van der Waals surface area contributed by atoms with Crippen LogP contribution in [0.3, 0.4) is 0 Å². The Morgan fingerprint density at radius 2 is 1.77 bits per heavy atom.